The normalized spacial score (nSPS) is 27.6. The summed E-state index contributed by atoms with van der Waals surface area (Å²) in [4.78, 5) is 23.5. The van der Waals surface area contributed by atoms with Crippen LogP contribution in [0.15, 0.2) is 17.0 Å². The minimum atomic E-state index is -0.306. The van der Waals surface area contributed by atoms with Crippen LogP contribution in [0.3, 0.4) is 0 Å². The van der Waals surface area contributed by atoms with Crippen molar-refractivity contribution in [1.29, 1.82) is 0 Å². The largest absolute Gasteiger partial charge is 0.487 e. The van der Waals surface area contributed by atoms with Gasteiger partial charge in [-0.25, -0.2) is 0 Å². The number of hydrogen-bond acceptors (Lipinski definition) is 6. The Morgan fingerprint density at radius 1 is 1.30 bits per heavy atom. The fourth-order valence-corrected chi connectivity index (χ4v) is 4.85. The van der Waals surface area contributed by atoms with Crippen LogP contribution in [0.5, 0.6) is 11.5 Å². The third kappa shape index (κ3) is 4.52. The molecule has 0 bridgehead atoms. The van der Waals surface area contributed by atoms with Gasteiger partial charge in [-0.15, -0.1) is 0 Å². The van der Waals surface area contributed by atoms with Crippen LogP contribution in [0, 0.1) is 13.8 Å². The zero-order chi connectivity index (χ0) is 21.3. The summed E-state index contributed by atoms with van der Waals surface area (Å²) in [7, 11) is 0. The second kappa shape index (κ2) is 8.63. The van der Waals surface area contributed by atoms with Gasteiger partial charge in [0.15, 0.2) is 6.29 Å². The molecule has 0 radical (unpaired) electrons. The number of aryl methyl sites for hydroxylation is 1. The maximum absolute atomic E-state index is 11.7. The van der Waals surface area contributed by atoms with Gasteiger partial charge < -0.3 is 14.2 Å². The van der Waals surface area contributed by atoms with Gasteiger partial charge in [0.05, 0.1) is 11.5 Å². The molecular formula is C23H29NO5S. The second-order valence-corrected chi connectivity index (χ2v) is 9.54. The van der Waals surface area contributed by atoms with Crippen LogP contribution in [0.1, 0.15) is 62.1 Å². The average molecular weight is 432 g/mol. The summed E-state index contributed by atoms with van der Waals surface area (Å²) in [5.41, 5.74) is 3.07. The maximum Gasteiger partial charge on any atom is 0.290 e. The molecule has 1 aromatic rings. The molecule has 0 aromatic heterocycles. The van der Waals surface area contributed by atoms with E-state index >= 15 is 0 Å². The topological polar surface area (TPSA) is 73.9 Å². The molecule has 2 amide bonds. The number of ether oxygens (including phenoxy) is 3. The van der Waals surface area contributed by atoms with Crippen molar-refractivity contribution in [3.05, 3.63) is 33.7 Å². The van der Waals surface area contributed by atoms with Gasteiger partial charge in [-0.3, -0.25) is 14.9 Å². The van der Waals surface area contributed by atoms with E-state index < -0.39 is 0 Å². The van der Waals surface area contributed by atoms with E-state index in [0.29, 0.717) is 11.3 Å². The Morgan fingerprint density at radius 3 is 2.83 bits per heavy atom. The standard InChI is InChI=1S/C23H29NO5S/c1-14-15(2)20-16(13-17(14)28-19-8-4-5-12-27-19)9-11-23(3,29-20)10-6-7-18-21(25)24-22(26)30-18/h7,13,19H,4-6,8-12H2,1-3H3,(H,24,25,26). The average Bonchev–Trinajstić information content (AvgIpc) is 3.04. The minimum absolute atomic E-state index is 0.157. The van der Waals surface area contributed by atoms with Crippen LogP contribution in [0.4, 0.5) is 4.79 Å². The molecule has 2 unspecified atom stereocenters. The number of carbonyl (C=O) groups is 2. The third-order valence-electron chi connectivity index (χ3n) is 6.18. The fourth-order valence-electron chi connectivity index (χ4n) is 4.17. The Morgan fingerprint density at radius 2 is 2.13 bits per heavy atom. The van der Waals surface area contributed by atoms with Crippen molar-refractivity contribution < 1.29 is 23.8 Å². The molecule has 3 aliphatic rings. The van der Waals surface area contributed by atoms with E-state index in [1.807, 2.05) is 6.08 Å². The molecule has 3 aliphatic heterocycles. The Bertz CT molecular complexity index is 890. The summed E-state index contributed by atoms with van der Waals surface area (Å²) in [6.45, 7) is 7.04. The van der Waals surface area contributed by atoms with Gasteiger partial charge in [0, 0.05) is 6.42 Å². The number of rotatable bonds is 5. The predicted molar refractivity (Wildman–Crippen MR) is 116 cm³/mol. The van der Waals surface area contributed by atoms with Crippen LogP contribution in [0.2, 0.25) is 0 Å². The van der Waals surface area contributed by atoms with E-state index in [1.54, 1.807) is 0 Å². The quantitative estimate of drug-likeness (QED) is 0.666. The Kier molecular flexibility index (Phi) is 6.11. The number of carbonyl (C=O) groups excluding carboxylic acids is 2. The monoisotopic (exact) mass is 431 g/mol. The molecule has 7 heteroatoms. The van der Waals surface area contributed by atoms with Crippen molar-refractivity contribution in [2.75, 3.05) is 6.61 Å². The zero-order valence-corrected chi connectivity index (χ0v) is 18.7. The molecule has 30 heavy (non-hydrogen) atoms. The first-order valence-electron chi connectivity index (χ1n) is 10.7. The molecule has 0 spiro atoms. The third-order valence-corrected chi connectivity index (χ3v) is 7.04. The van der Waals surface area contributed by atoms with Gasteiger partial charge >= 0.3 is 0 Å². The van der Waals surface area contributed by atoms with E-state index in [4.69, 9.17) is 14.2 Å². The zero-order valence-electron chi connectivity index (χ0n) is 17.8. The predicted octanol–water partition coefficient (Wildman–Crippen LogP) is 4.94. The first kappa shape index (κ1) is 21.2. The van der Waals surface area contributed by atoms with E-state index in [2.05, 4.69) is 32.2 Å². The summed E-state index contributed by atoms with van der Waals surface area (Å²) in [5.74, 6) is 1.55. The molecule has 4 rings (SSSR count). The highest BCUT2D eigenvalue weighted by Gasteiger charge is 2.34. The molecule has 2 fully saturated rings. The lowest BCUT2D eigenvalue weighted by atomic mass is 9.87. The minimum Gasteiger partial charge on any atom is -0.487 e. The van der Waals surface area contributed by atoms with E-state index in [0.717, 1.165) is 79.5 Å². The lowest BCUT2D eigenvalue weighted by Gasteiger charge is -2.37. The van der Waals surface area contributed by atoms with Gasteiger partial charge in [-0.05, 0) is 93.8 Å². The van der Waals surface area contributed by atoms with Gasteiger partial charge in [0.2, 0.25) is 0 Å². The Balaban J connectivity index is 1.45. The first-order chi connectivity index (χ1) is 14.3. The van der Waals surface area contributed by atoms with Gasteiger partial charge in [0.25, 0.3) is 11.1 Å². The SMILES string of the molecule is Cc1c(OC2CCCCO2)cc2c(c1C)OC(C)(CCC=C1SC(=O)NC1=O)CC2. The molecule has 2 saturated heterocycles. The number of allylic oxidation sites excluding steroid dienone is 1. The molecule has 1 N–H and O–H groups in total. The van der Waals surface area contributed by atoms with Crippen molar-refractivity contribution in [1.82, 2.24) is 5.32 Å². The Labute approximate surface area is 181 Å². The summed E-state index contributed by atoms with van der Waals surface area (Å²) < 4.78 is 18.4. The summed E-state index contributed by atoms with van der Waals surface area (Å²) in [6, 6.07) is 2.11. The van der Waals surface area contributed by atoms with Crippen LogP contribution in [-0.4, -0.2) is 29.6 Å². The summed E-state index contributed by atoms with van der Waals surface area (Å²) >= 11 is 0.964. The number of fused-ring (bicyclic) bond motifs is 1. The summed E-state index contributed by atoms with van der Waals surface area (Å²) in [6.07, 6.45) is 8.13. The van der Waals surface area contributed by atoms with Crippen LogP contribution in [0.25, 0.3) is 0 Å². The molecule has 6 nitrogen and oxygen atoms in total. The van der Waals surface area contributed by atoms with Crippen molar-refractivity contribution in [2.24, 2.45) is 0 Å². The maximum atomic E-state index is 11.7. The number of imide groups is 1. The second-order valence-electron chi connectivity index (χ2n) is 8.53. The van der Waals surface area contributed by atoms with E-state index in [-0.39, 0.29) is 23.0 Å². The molecular weight excluding hydrogens is 402 g/mol. The number of hydrogen-bond donors (Lipinski definition) is 1. The van der Waals surface area contributed by atoms with Gasteiger partial charge in [-0.1, -0.05) is 6.08 Å². The lowest BCUT2D eigenvalue weighted by molar-refractivity contribution is -0.115. The van der Waals surface area contributed by atoms with Crippen molar-refractivity contribution in [3.8, 4) is 11.5 Å². The molecule has 3 heterocycles. The van der Waals surface area contributed by atoms with Crippen LogP contribution < -0.4 is 14.8 Å². The molecule has 2 atom stereocenters. The molecule has 1 aromatic carbocycles. The van der Waals surface area contributed by atoms with Crippen molar-refractivity contribution in [2.45, 2.75) is 77.6 Å². The molecule has 0 aliphatic carbocycles. The van der Waals surface area contributed by atoms with Crippen molar-refractivity contribution >= 4 is 22.9 Å². The highest BCUT2D eigenvalue weighted by atomic mass is 32.2. The summed E-state index contributed by atoms with van der Waals surface area (Å²) in [5, 5.41) is 1.99. The van der Waals surface area contributed by atoms with Crippen LogP contribution >= 0.6 is 11.8 Å². The van der Waals surface area contributed by atoms with Crippen molar-refractivity contribution in [3.63, 3.8) is 0 Å². The first-order valence-corrected chi connectivity index (χ1v) is 11.5. The molecule has 162 valence electrons. The number of nitrogens with one attached hydrogen (secondary N) is 1. The van der Waals surface area contributed by atoms with Gasteiger partial charge in [0.1, 0.15) is 17.1 Å². The molecule has 0 saturated carbocycles. The van der Waals surface area contributed by atoms with Crippen LogP contribution in [-0.2, 0) is 16.0 Å². The number of amides is 2. The van der Waals surface area contributed by atoms with Gasteiger partial charge in [-0.2, -0.15) is 0 Å². The van der Waals surface area contributed by atoms with E-state index in [1.165, 1.54) is 5.56 Å². The fraction of sp³-hybridized carbons (Fsp3) is 0.565. The highest BCUT2D eigenvalue weighted by Crippen LogP contribution is 2.42. The lowest BCUT2D eigenvalue weighted by Crippen LogP contribution is -2.36. The highest BCUT2D eigenvalue weighted by molar-refractivity contribution is 8.18. The number of benzene rings is 1. The number of thioether (sulfide) groups is 1. The Hall–Kier alpha value is -1.99. The smallest absolute Gasteiger partial charge is 0.290 e. The van der Waals surface area contributed by atoms with E-state index in [9.17, 15) is 9.59 Å².